The number of hydrogen-bond acceptors (Lipinski definition) is 6. The molecule has 0 radical (unpaired) electrons. The van der Waals surface area contributed by atoms with E-state index in [1.165, 1.54) is 11.3 Å². The van der Waals surface area contributed by atoms with Crippen molar-refractivity contribution < 1.29 is 4.79 Å². The molecule has 19 heavy (non-hydrogen) atoms. The fourth-order valence-corrected chi connectivity index (χ4v) is 2.58. The maximum absolute atomic E-state index is 12.1. The second-order valence-electron chi connectivity index (χ2n) is 4.86. The van der Waals surface area contributed by atoms with Gasteiger partial charge in [-0.15, -0.1) is 0 Å². The number of carbonyl (C=O) groups is 1. The van der Waals surface area contributed by atoms with Crippen LogP contribution in [0, 0.1) is 0 Å². The lowest BCUT2D eigenvalue weighted by Gasteiger charge is -2.17. The Labute approximate surface area is 118 Å². The summed E-state index contributed by atoms with van der Waals surface area (Å²) in [4.78, 5) is 20.8. The van der Waals surface area contributed by atoms with Gasteiger partial charge in [0.15, 0.2) is 5.13 Å². The van der Waals surface area contributed by atoms with E-state index in [9.17, 15) is 4.79 Å². The Morgan fingerprint density at radius 1 is 1.47 bits per heavy atom. The van der Waals surface area contributed by atoms with Crippen LogP contribution in [0.25, 0.3) is 0 Å². The number of anilines is 2. The molecule has 0 saturated carbocycles. The molecule has 0 aliphatic carbocycles. The number of nitrogens with zero attached hydrogens (tertiary/aromatic N) is 3. The summed E-state index contributed by atoms with van der Waals surface area (Å²) in [5.41, 5.74) is 5.81. The zero-order valence-electron chi connectivity index (χ0n) is 12.2. The van der Waals surface area contributed by atoms with Crippen LogP contribution >= 0.6 is 11.3 Å². The molecule has 0 fully saturated rings. The molecule has 7 heteroatoms. The lowest BCUT2D eigenvalue weighted by Crippen LogP contribution is -2.39. The van der Waals surface area contributed by atoms with E-state index >= 15 is 0 Å². The summed E-state index contributed by atoms with van der Waals surface area (Å²) in [6, 6.07) is 0.0661. The molecular formula is C12H23N5OS. The van der Waals surface area contributed by atoms with Crippen molar-refractivity contribution in [3.8, 4) is 0 Å². The number of nitrogens with one attached hydrogen (secondary N) is 1. The maximum atomic E-state index is 12.1. The third-order valence-corrected chi connectivity index (χ3v) is 3.85. The molecule has 0 aliphatic rings. The minimum Gasteiger partial charge on any atom is -0.382 e. The van der Waals surface area contributed by atoms with Crippen LogP contribution in [0.15, 0.2) is 0 Å². The molecule has 0 aromatic carbocycles. The molecule has 0 aliphatic heterocycles. The Bertz CT molecular complexity index is 432. The quantitative estimate of drug-likeness (QED) is 0.811. The molecule has 0 saturated heterocycles. The van der Waals surface area contributed by atoms with Gasteiger partial charge in [-0.3, -0.25) is 4.79 Å². The number of hydrogen-bond donors (Lipinski definition) is 2. The maximum Gasteiger partial charge on any atom is 0.265 e. The standard InChI is InChI=1S/C12H23N5OS/c1-6-17(5)12-15-10(13)9(19-12)11(18)14-8(2)7-16(3)4/h8H,6-7,13H2,1-5H3,(H,14,18). The number of amides is 1. The predicted molar refractivity (Wildman–Crippen MR) is 81.0 cm³/mol. The number of nitrogens with two attached hydrogens (primary N) is 1. The van der Waals surface area contributed by atoms with Crippen molar-refractivity contribution >= 4 is 28.2 Å². The van der Waals surface area contributed by atoms with E-state index in [1.807, 2.05) is 44.8 Å². The topological polar surface area (TPSA) is 74.5 Å². The monoisotopic (exact) mass is 285 g/mol. The number of aromatic nitrogens is 1. The summed E-state index contributed by atoms with van der Waals surface area (Å²) in [6.07, 6.45) is 0. The molecule has 6 nitrogen and oxygen atoms in total. The van der Waals surface area contributed by atoms with Gasteiger partial charge in [-0.05, 0) is 27.9 Å². The molecule has 1 aromatic heterocycles. The van der Waals surface area contributed by atoms with Gasteiger partial charge in [-0.2, -0.15) is 0 Å². The van der Waals surface area contributed by atoms with Crippen molar-refractivity contribution in [2.24, 2.45) is 0 Å². The Morgan fingerprint density at radius 3 is 2.63 bits per heavy atom. The number of rotatable bonds is 6. The first-order valence-corrected chi connectivity index (χ1v) is 7.09. The fourth-order valence-electron chi connectivity index (χ4n) is 1.66. The first-order valence-electron chi connectivity index (χ1n) is 6.28. The zero-order chi connectivity index (χ0) is 14.6. The SMILES string of the molecule is CCN(C)c1nc(N)c(C(=O)NC(C)CN(C)C)s1. The van der Waals surface area contributed by atoms with Gasteiger partial charge in [0.05, 0.1) is 0 Å². The molecule has 3 N–H and O–H groups in total. The minimum absolute atomic E-state index is 0.0661. The zero-order valence-corrected chi connectivity index (χ0v) is 13.0. The first kappa shape index (κ1) is 15.7. The number of thiazole rings is 1. The van der Waals surface area contributed by atoms with Crippen molar-refractivity contribution in [1.29, 1.82) is 0 Å². The average Bonchev–Trinajstić information content (AvgIpc) is 2.69. The summed E-state index contributed by atoms with van der Waals surface area (Å²) in [6.45, 7) is 5.60. The van der Waals surface area contributed by atoms with Crippen LogP contribution in [-0.2, 0) is 0 Å². The molecule has 1 heterocycles. The summed E-state index contributed by atoms with van der Waals surface area (Å²) in [7, 11) is 5.87. The summed E-state index contributed by atoms with van der Waals surface area (Å²) in [5, 5.41) is 3.70. The highest BCUT2D eigenvalue weighted by molar-refractivity contribution is 7.18. The van der Waals surface area contributed by atoms with Crippen molar-refractivity contribution in [2.75, 3.05) is 44.9 Å². The minimum atomic E-state index is -0.153. The third kappa shape index (κ3) is 4.36. The molecule has 108 valence electrons. The van der Waals surface area contributed by atoms with E-state index < -0.39 is 0 Å². The van der Waals surface area contributed by atoms with Crippen LogP contribution < -0.4 is 16.0 Å². The summed E-state index contributed by atoms with van der Waals surface area (Å²) >= 11 is 1.33. The van der Waals surface area contributed by atoms with Gasteiger partial charge in [0.25, 0.3) is 5.91 Å². The lowest BCUT2D eigenvalue weighted by atomic mass is 10.3. The Balaban J connectivity index is 2.74. The largest absolute Gasteiger partial charge is 0.382 e. The van der Waals surface area contributed by atoms with Crippen molar-refractivity contribution in [3.63, 3.8) is 0 Å². The number of likely N-dealkylation sites (N-methyl/N-ethyl adjacent to an activating group) is 1. The molecule has 0 spiro atoms. The van der Waals surface area contributed by atoms with Crippen LogP contribution in [0.2, 0.25) is 0 Å². The highest BCUT2D eigenvalue weighted by atomic mass is 32.1. The fraction of sp³-hybridized carbons (Fsp3) is 0.667. The molecule has 1 aromatic rings. The smallest absolute Gasteiger partial charge is 0.265 e. The molecule has 1 amide bonds. The summed E-state index contributed by atoms with van der Waals surface area (Å²) < 4.78 is 0. The average molecular weight is 285 g/mol. The van der Waals surface area contributed by atoms with Gasteiger partial charge in [-0.1, -0.05) is 11.3 Å². The highest BCUT2D eigenvalue weighted by Gasteiger charge is 2.19. The van der Waals surface area contributed by atoms with Crippen LogP contribution in [-0.4, -0.2) is 56.1 Å². The van der Waals surface area contributed by atoms with E-state index in [0.717, 1.165) is 18.2 Å². The van der Waals surface area contributed by atoms with Crippen molar-refractivity contribution in [1.82, 2.24) is 15.2 Å². The normalized spacial score (nSPS) is 12.5. The van der Waals surface area contributed by atoms with Gasteiger partial charge < -0.3 is 20.9 Å². The Hall–Kier alpha value is -1.34. The van der Waals surface area contributed by atoms with Gasteiger partial charge in [0, 0.05) is 26.2 Å². The number of carbonyl (C=O) groups excluding carboxylic acids is 1. The van der Waals surface area contributed by atoms with Crippen LogP contribution in [0.4, 0.5) is 10.9 Å². The first-order chi connectivity index (χ1) is 8.85. The second-order valence-corrected chi connectivity index (χ2v) is 5.84. The van der Waals surface area contributed by atoms with Gasteiger partial charge >= 0.3 is 0 Å². The Kier molecular flexibility index (Phi) is 5.56. The predicted octanol–water partition coefficient (Wildman–Crippen LogP) is 0.861. The summed E-state index contributed by atoms with van der Waals surface area (Å²) in [5.74, 6) is 0.148. The van der Waals surface area contributed by atoms with Crippen LogP contribution in [0.5, 0.6) is 0 Å². The highest BCUT2D eigenvalue weighted by Crippen LogP contribution is 2.27. The number of nitrogen functional groups attached to an aromatic ring is 1. The molecule has 1 atom stereocenters. The van der Waals surface area contributed by atoms with Crippen LogP contribution in [0.3, 0.4) is 0 Å². The lowest BCUT2D eigenvalue weighted by molar-refractivity contribution is 0.0939. The van der Waals surface area contributed by atoms with Crippen LogP contribution in [0.1, 0.15) is 23.5 Å². The van der Waals surface area contributed by atoms with E-state index in [1.54, 1.807) is 0 Å². The third-order valence-electron chi connectivity index (χ3n) is 2.67. The van der Waals surface area contributed by atoms with E-state index in [-0.39, 0.29) is 11.9 Å². The molecular weight excluding hydrogens is 262 g/mol. The van der Waals surface area contributed by atoms with Gasteiger partial charge in [0.2, 0.25) is 0 Å². The second kappa shape index (κ2) is 6.72. The van der Waals surface area contributed by atoms with E-state index in [4.69, 9.17) is 5.73 Å². The van der Waals surface area contributed by atoms with Gasteiger partial charge in [0.1, 0.15) is 10.7 Å². The molecule has 1 unspecified atom stereocenters. The Morgan fingerprint density at radius 2 is 2.11 bits per heavy atom. The van der Waals surface area contributed by atoms with E-state index in [2.05, 4.69) is 10.3 Å². The molecule has 1 rings (SSSR count). The molecule has 0 bridgehead atoms. The van der Waals surface area contributed by atoms with Gasteiger partial charge in [-0.25, -0.2) is 4.98 Å². The van der Waals surface area contributed by atoms with E-state index in [0.29, 0.717) is 10.7 Å². The van der Waals surface area contributed by atoms with Crippen molar-refractivity contribution in [2.45, 2.75) is 19.9 Å². The van der Waals surface area contributed by atoms with Crippen molar-refractivity contribution in [3.05, 3.63) is 4.88 Å².